The first kappa shape index (κ1) is 17.8. The number of ether oxygens (including phenoxy) is 1. The molecule has 0 aliphatic carbocycles. The molecule has 1 aromatic carbocycles. The number of halogens is 1. The van der Waals surface area contributed by atoms with Gasteiger partial charge in [-0.25, -0.2) is 17.8 Å². The summed E-state index contributed by atoms with van der Waals surface area (Å²) in [6.45, 7) is 2.06. The minimum absolute atomic E-state index is 0.220. The number of hydrogen-bond donors (Lipinski definition) is 0. The van der Waals surface area contributed by atoms with Gasteiger partial charge in [0.05, 0.1) is 20.3 Å². The number of pyridine rings is 1. The fourth-order valence-electron chi connectivity index (χ4n) is 2.73. The summed E-state index contributed by atoms with van der Waals surface area (Å²) < 4.78 is 45.1. The predicted molar refractivity (Wildman–Crippen MR) is 91.1 cm³/mol. The molecule has 0 atom stereocenters. The largest absolute Gasteiger partial charge is 0.379 e. The molecule has 0 spiro atoms. The van der Waals surface area contributed by atoms with Crippen molar-refractivity contribution in [3.8, 4) is 0 Å². The lowest BCUT2D eigenvalue weighted by molar-refractivity contribution is -0.367. The molecule has 0 radical (unpaired) electrons. The zero-order chi connectivity index (χ0) is 17.9. The van der Waals surface area contributed by atoms with Crippen molar-refractivity contribution >= 4 is 15.8 Å². The third-order valence-corrected chi connectivity index (χ3v) is 5.99. The summed E-state index contributed by atoms with van der Waals surface area (Å²) in [4.78, 5) is 5.12. The van der Waals surface area contributed by atoms with Crippen molar-refractivity contribution in [3.63, 3.8) is 0 Å². The number of anilines is 1. The first-order valence-electron chi connectivity index (χ1n) is 8.02. The number of morpholine rings is 1. The molecule has 0 bridgehead atoms. The number of sulfonamides is 1. The Morgan fingerprint density at radius 2 is 2.00 bits per heavy atom. The van der Waals surface area contributed by atoms with Gasteiger partial charge in [-0.05, 0) is 23.8 Å². The summed E-state index contributed by atoms with van der Waals surface area (Å²) in [6, 6.07) is 9.69. The molecule has 0 amide bonds. The van der Waals surface area contributed by atoms with Crippen molar-refractivity contribution < 1.29 is 22.5 Å². The fourth-order valence-corrected chi connectivity index (χ4v) is 4.11. The maximum Gasteiger partial charge on any atom is 0.274 e. The van der Waals surface area contributed by atoms with E-state index >= 15 is 0 Å². The van der Waals surface area contributed by atoms with Gasteiger partial charge < -0.3 is 4.74 Å². The van der Waals surface area contributed by atoms with E-state index in [-0.39, 0.29) is 10.7 Å². The molecule has 0 unspecified atom stereocenters. The number of rotatable bonds is 5. The van der Waals surface area contributed by atoms with Crippen LogP contribution in [0, 0.1) is 5.82 Å². The summed E-state index contributed by atoms with van der Waals surface area (Å²) in [5.41, 5.74) is 0.834. The van der Waals surface area contributed by atoms with E-state index in [0.29, 0.717) is 32.8 Å². The van der Waals surface area contributed by atoms with Crippen LogP contribution in [0.3, 0.4) is 0 Å². The fraction of sp³-hybridized carbons (Fsp3) is 0.353. The number of benzene rings is 1. The van der Waals surface area contributed by atoms with Crippen LogP contribution in [-0.2, 0) is 21.3 Å². The third-order valence-electron chi connectivity index (χ3n) is 4.10. The van der Waals surface area contributed by atoms with E-state index in [0.717, 1.165) is 11.4 Å². The number of H-pyrrole nitrogens is 1. The summed E-state index contributed by atoms with van der Waals surface area (Å²) in [7, 11) is -1.66. The van der Waals surface area contributed by atoms with E-state index in [2.05, 4.69) is 4.98 Å². The van der Waals surface area contributed by atoms with Crippen LogP contribution in [0.25, 0.3) is 0 Å². The van der Waals surface area contributed by atoms with Gasteiger partial charge in [0.25, 0.3) is 5.82 Å². The van der Waals surface area contributed by atoms with Gasteiger partial charge in [0, 0.05) is 19.2 Å². The van der Waals surface area contributed by atoms with Crippen molar-refractivity contribution in [1.29, 1.82) is 0 Å². The Labute approximate surface area is 146 Å². The highest BCUT2D eigenvalue weighted by Gasteiger charge is 2.27. The summed E-state index contributed by atoms with van der Waals surface area (Å²) in [6.07, 6.45) is 1.49. The van der Waals surface area contributed by atoms with E-state index in [1.54, 1.807) is 18.2 Å². The van der Waals surface area contributed by atoms with Crippen LogP contribution in [0.4, 0.5) is 10.2 Å². The van der Waals surface area contributed by atoms with Crippen molar-refractivity contribution in [2.45, 2.75) is 11.4 Å². The molecular formula is C17H21FN3O3S+. The highest BCUT2D eigenvalue weighted by molar-refractivity contribution is 7.89. The first-order chi connectivity index (χ1) is 12.0. The Kier molecular flexibility index (Phi) is 5.31. The average molecular weight is 366 g/mol. The summed E-state index contributed by atoms with van der Waals surface area (Å²) in [5, 5.41) is 0. The Morgan fingerprint density at radius 3 is 2.64 bits per heavy atom. The number of aromatic amines is 1. The second kappa shape index (κ2) is 7.47. The first-order valence-corrected chi connectivity index (χ1v) is 9.46. The number of hydrogen-bond acceptors (Lipinski definition) is 4. The Hall–Kier alpha value is -2.03. The lowest BCUT2D eigenvalue weighted by Crippen LogP contribution is -2.41. The lowest BCUT2D eigenvalue weighted by atomic mass is 10.2. The van der Waals surface area contributed by atoms with Gasteiger partial charge >= 0.3 is 0 Å². The molecule has 6 nitrogen and oxygen atoms in total. The molecular weight excluding hydrogens is 345 g/mol. The van der Waals surface area contributed by atoms with Crippen LogP contribution in [0.2, 0.25) is 0 Å². The van der Waals surface area contributed by atoms with E-state index in [1.807, 2.05) is 18.0 Å². The topological polar surface area (TPSA) is 64.0 Å². The van der Waals surface area contributed by atoms with Crippen LogP contribution >= 0.6 is 0 Å². The zero-order valence-corrected chi connectivity index (χ0v) is 14.8. The SMILES string of the molecule is CN(Cc1cccc(F)c1)c1ccc(S(=O)(=O)N2CCOCC2)c[nH+]1. The minimum atomic E-state index is -3.52. The van der Waals surface area contributed by atoms with Gasteiger partial charge in [-0.3, -0.25) is 4.90 Å². The van der Waals surface area contributed by atoms with Crippen molar-refractivity contribution in [2.75, 3.05) is 38.3 Å². The monoisotopic (exact) mass is 366 g/mol. The Morgan fingerprint density at radius 1 is 1.24 bits per heavy atom. The summed E-state index contributed by atoms with van der Waals surface area (Å²) in [5.74, 6) is 0.465. The Bertz CT molecular complexity index is 821. The molecule has 8 heteroatoms. The second-order valence-electron chi connectivity index (χ2n) is 5.91. The molecule has 1 saturated heterocycles. The minimum Gasteiger partial charge on any atom is -0.379 e. The maximum absolute atomic E-state index is 13.3. The summed E-state index contributed by atoms with van der Waals surface area (Å²) >= 11 is 0. The van der Waals surface area contributed by atoms with Gasteiger partial charge in [0.1, 0.15) is 23.5 Å². The van der Waals surface area contributed by atoms with Crippen LogP contribution < -0.4 is 9.88 Å². The lowest BCUT2D eigenvalue weighted by Gasteiger charge is -2.25. The third kappa shape index (κ3) is 4.15. The molecule has 1 aliphatic heterocycles. The highest BCUT2D eigenvalue weighted by Crippen LogP contribution is 2.18. The standard InChI is InChI=1S/C17H20FN3O3S/c1-20(13-14-3-2-4-15(18)11-14)17-6-5-16(12-19-17)25(22,23)21-7-9-24-10-8-21/h2-6,11-12H,7-10,13H2,1H3/p+1. The van der Waals surface area contributed by atoms with Gasteiger partial charge in [-0.1, -0.05) is 12.1 Å². The maximum atomic E-state index is 13.3. The van der Waals surface area contributed by atoms with Crippen molar-refractivity contribution in [3.05, 3.63) is 54.0 Å². The molecule has 1 N–H and O–H groups in total. The molecule has 134 valence electrons. The van der Waals surface area contributed by atoms with Crippen molar-refractivity contribution in [1.82, 2.24) is 4.31 Å². The van der Waals surface area contributed by atoms with Crippen LogP contribution in [0.1, 0.15) is 5.56 Å². The molecule has 0 saturated carbocycles. The van der Waals surface area contributed by atoms with Crippen LogP contribution in [-0.4, -0.2) is 46.1 Å². The van der Waals surface area contributed by atoms with Gasteiger partial charge in [0.2, 0.25) is 10.0 Å². The second-order valence-corrected chi connectivity index (χ2v) is 7.85. The van der Waals surface area contributed by atoms with Gasteiger partial charge in [-0.2, -0.15) is 4.31 Å². The predicted octanol–water partition coefficient (Wildman–Crippen LogP) is 1.30. The normalized spacial score (nSPS) is 15.9. The highest BCUT2D eigenvalue weighted by atomic mass is 32.2. The average Bonchev–Trinajstić information content (AvgIpc) is 2.62. The Balaban J connectivity index is 1.73. The molecule has 2 heterocycles. The number of nitrogens with zero attached hydrogens (tertiary/aromatic N) is 2. The van der Waals surface area contributed by atoms with Crippen LogP contribution in [0.5, 0.6) is 0 Å². The molecule has 1 aromatic heterocycles. The molecule has 3 rings (SSSR count). The van der Waals surface area contributed by atoms with Crippen LogP contribution in [0.15, 0.2) is 47.5 Å². The van der Waals surface area contributed by atoms with E-state index < -0.39 is 10.0 Å². The van der Waals surface area contributed by atoms with E-state index in [9.17, 15) is 12.8 Å². The van der Waals surface area contributed by atoms with E-state index in [1.165, 1.54) is 22.6 Å². The molecule has 2 aromatic rings. The van der Waals surface area contributed by atoms with Gasteiger partial charge in [0.15, 0.2) is 0 Å². The quantitative estimate of drug-likeness (QED) is 0.800. The number of aromatic nitrogens is 1. The van der Waals surface area contributed by atoms with E-state index in [4.69, 9.17) is 4.74 Å². The smallest absolute Gasteiger partial charge is 0.274 e. The van der Waals surface area contributed by atoms with Crippen molar-refractivity contribution in [2.24, 2.45) is 0 Å². The molecule has 1 aliphatic rings. The number of nitrogens with one attached hydrogen (secondary N) is 1. The van der Waals surface area contributed by atoms with Gasteiger partial charge in [-0.15, -0.1) is 0 Å². The zero-order valence-electron chi connectivity index (χ0n) is 14.0. The molecule has 1 fully saturated rings. The molecule has 25 heavy (non-hydrogen) atoms.